The summed E-state index contributed by atoms with van der Waals surface area (Å²) in [4.78, 5) is 35.9. The van der Waals surface area contributed by atoms with E-state index in [1.165, 1.54) is 22.2 Å². The number of pyridine rings is 1. The van der Waals surface area contributed by atoms with Crippen LogP contribution in [0.4, 0.5) is 5.82 Å². The molecular weight excluding hydrogens is 452 g/mol. The third-order valence-electron chi connectivity index (χ3n) is 4.45. The van der Waals surface area contributed by atoms with Gasteiger partial charge in [-0.15, -0.1) is 11.3 Å². The molecule has 0 saturated heterocycles. The highest BCUT2D eigenvalue weighted by Gasteiger charge is 2.19. The van der Waals surface area contributed by atoms with E-state index in [1.807, 2.05) is 24.3 Å². The molecule has 0 fully saturated rings. The highest BCUT2D eigenvalue weighted by Crippen LogP contribution is 2.36. The number of fused-ring (bicyclic) bond motifs is 1. The quantitative estimate of drug-likeness (QED) is 0.468. The molecule has 6 nitrogen and oxygen atoms in total. The second-order valence-electron chi connectivity index (χ2n) is 6.38. The van der Waals surface area contributed by atoms with Crippen molar-refractivity contribution in [2.75, 3.05) is 5.32 Å². The molecule has 29 heavy (non-hydrogen) atoms. The van der Waals surface area contributed by atoms with Crippen molar-refractivity contribution < 1.29 is 4.79 Å². The van der Waals surface area contributed by atoms with Crippen LogP contribution >= 0.6 is 27.3 Å². The minimum atomic E-state index is -0.330. The van der Waals surface area contributed by atoms with Gasteiger partial charge in [-0.05, 0) is 36.2 Å². The number of benzene rings is 1. The number of carbonyl (C=O) groups is 1. The molecule has 0 spiro atoms. The molecule has 0 aliphatic rings. The standard InChI is InChI=1S/C21H17BrN4O2S/c1-2-15-18(13-6-8-14(22)9-7-13)19-20(29-15)24-12-26(21(19)28)11-17(27)25-16-5-3-4-10-23-16/h3-10,12H,2,11H2,1H3,(H,23,25,27). The molecule has 3 aromatic heterocycles. The van der Waals surface area contributed by atoms with Gasteiger partial charge in [-0.1, -0.05) is 41.1 Å². The fraction of sp³-hybridized carbons (Fsp3) is 0.143. The number of aryl methyl sites for hydroxylation is 1. The Morgan fingerprint density at radius 2 is 1.97 bits per heavy atom. The van der Waals surface area contributed by atoms with E-state index >= 15 is 0 Å². The fourth-order valence-electron chi connectivity index (χ4n) is 3.13. The molecule has 4 rings (SSSR count). The molecule has 0 aliphatic carbocycles. The fourth-order valence-corrected chi connectivity index (χ4v) is 4.49. The third kappa shape index (κ3) is 3.99. The van der Waals surface area contributed by atoms with Gasteiger partial charge in [0.1, 0.15) is 17.2 Å². The SMILES string of the molecule is CCc1sc2ncn(CC(=O)Nc3ccccn3)c(=O)c2c1-c1ccc(Br)cc1. The summed E-state index contributed by atoms with van der Waals surface area (Å²) in [6.07, 6.45) is 3.83. The van der Waals surface area contributed by atoms with E-state index in [0.717, 1.165) is 26.9 Å². The van der Waals surface area contributed by atoms with Crippen LogP contribution in [0.15, 0.2) is 64.3 Å². The summed E-state index contributed by atoms with van der Waals surface area (Å²) < 4.78 is 2.32. The largest absolute Gasteiger partial charge is 0.309 e. The Labute approximate surface area is 179 Å². The number of halogens is 1. The van der Waals surface area contributed by atoms with Gasteiger partial charge in [0, 0.05) is 21.1 Å². The summed E-state index contributed by atoms with van der Waals surface area (Å²) in [5.41, 5.74) is 1.64. The van der Waals surface area contributed by atoms with Crippen LogP contribution in [0, 0.1) is 0 Å². The minimum Gasteiger partial charge on any atom is -0.309 e. The van der Waals surface area contributed by atoms with Gasteiger partial charge in [-0.25, -0.2) is 9.97 Å². The summed E-state index contributed by atoms with van der Waals surface area (Å²) in [5.74, 6) is 0.113. The van der Waals surface area contributed by atoms with Crippen molar-refractivity contribution in [2.45, 2.75) is 19.9 Å². The van der Waals surface area contributed by atoms with Crippen molar-refractivity contribution >= 4 is 49.2 Å². The van der Waals surface area contributed by atoms with Gasteiger partial charge in [0.25, 0.3) is 5.56 Å². The molecule has 0 aliphatic heterocycles. The zero-order valence-corrected chi connectivity index (χ0v) is 18.0. The zero-order valence-electron chi connectivity index (χ0n) is 15.6. The summed E-state index contributed by atoms with van der Waals surface area (Å²) in [5, 5.41) is 3.25. The number of amides is 1. The van der Waals surface area contributed by atoms with Crippen LogP contribution in [0.3, 0.4) is 0 Å². The Morgan fingerprint density at radius 3 is 2.66 bits per heavy atom. The molecule has 4 aromatic rings. The van der Waals surface area contributed by atoms with Gasteiger partial charge < -0.3 is 5.32 Å². The van der Waals surface area contributed by atoms with E-state index in [-0.39, 0.29) is 18.0 Å². The zero-order chi connectivity index (χ0) is 20.4. The second-order valence-corrected chi connectivity index (χ2v) is 8.38. The molecule has 3 heterocycles. The molecule has 1 amide bonds. The van der Waals surface area contributed by atoms with Crippen molar-refractivity contribution in [2.24, 2.45) is 0 Å². The number of thiophene rings is 1. The van der Waals surface area contributed by atoms with Gasteiger partial charge >= 0.3 is 0 Å². The Hall–Kier alpha value is -2.84. The lowest BCUT2D eigenvalue weighted by Crippen LogP contribution is -2.28. The predicted molar refractivity (Wildman–Crippen MR) is 119 cm³/mol. The maximum Gasteiger partial charge on any atom is 0.263 e. The van der Waals surface area contributed by atoms with Gasteiger partial charge in [0.2, 0.25) is 5.91 Å². The minimum absolute atomic E-state index is 0.130. The van der Waals surface area contributed by atoms with E-state index in [9.17, 15) is 9.59 Å². The van der Waals surface area contributed by atoms with Gasteiger partial charge in [-0.2, -0.15) is 0 Å². The Balaban J connectivity index is 1.74. The summed E-state index contributed by atoms with van der Waals surface area (Å²) in [6, 6.07) is 13.1. The molecule has 8 heteroatoms. The molecule has 146 valence electrons. The molecule has 0 bridgehead atoms. The number of aromatic nitrogens is 3. The monoisotopic (exact) mass is 468 g/mol. The van der Waals surface area contributed by atoms with Crippen molar-refractivity contribution in [1.82, 2.24) is 14.5 Å². The first kappa shape index (κ1) is 19.5. The summed E-state index contributed by atoms with van der Waals surface area (Å²) in [6.45, 7) is 1.93. The Bertz CT molecular complexity index is 1230. The molecule has 0 saturated carbocycles. The van der Waals surface area contributed by atoms with Crippen LogP contribution in [0.2, 0.25) is 0 Å². The molecule has 1 aromatic carbocycles. The number of nitrogens with one attached hydrogen (secondary N) is 1. The molecule has 0 radical (unpaired) electrons. The van der Waals surface area contributed by atoms with Crippen molar-refractivity contribution in [3.63, 3.8) is 0 Å². The van der Waals surface area contributed by atoms with Crippen LogP contribution in [-0.2, 0) is 17.8 Å². The van der Waals surface area contributed by atoms with Crippen molar-refractivity contribution in [3.8, 4) is 11.1 Å². The van der Waals surface area contributed by atoms with E-state index in [4.69, 9.17) is 0 Å². The lowest BCUT2D eigenvalue weighted by molar-refractivity contribution is -0.116. The maximum atomic E-state index is 13.2. The maximum absolute atomic E-state index is 13.2. The molecule has 1 N–H and O–H groups in total. The average Bonchev–Trinajstić information content (AvgIpc) is 3.11. The second kappa shape index (κ2) is 8.26. The third-order valence-corrected chi connectivity index (χ3v) is 6.22. The normalized spacial score (nSPS) is 11.0. The molecular formula is C21H17BrN4O2S. The number of hydrogen-bond donors (Lipinski definition) is 1. The Morgan fingerprint density at radius 1 is 1.17 bits per heavy atom. The van der Waals surface area contributed by atoms with Gasteiger partial charge in [0.05, 0.1) is 11.7 Å². The van der Waals surface area contributed by atoms with E-state index in [1.54, 1.807) is 24.4 Å². The van der Waals surface area contributed by atoms with Gasteiger partial charge in [-0.3, -0.25) is 14.2 Å². The highest BCUT2D eigenvalue weighted by molar-refractivity contribution is 9.10. The van der Waals surface area contributed by atoms with Crippen LogP contribution in [0.1, 0.15) is 11.8 Å². The molecule has 0 unspecified atom stereocenters. The number of nitrogens with zero attached hydrogens (tertiary/aromatic N) is 3. The van der Waals surface area contributed by atoms with Gasteiger partial charge in [0.15, 0.2) is 0 Å². The van der Waals surface area contributed by atoms with E-state index in [2.05, 4.69) is 38.1 Å². The first-order valence-corrected chi connectivity index (χ1v) is 10.7. The van der Waals surface area contributed by atoms with E-state index < -0.39 is 0 Å². The van der Waals surface area contributed by atoms with E-state index in [0.29, 0.717) is 16.0 Å². The number of carbonyl (C=O) groups excluding carboxylic acids is 1. The van der Waals surface area contributed by atoms with Crippen LogP contribution in [0.5, 0.6) is 0 Å². The number of anilines is 1. The van der Waals surface area contributed by atoms with Crippen LogP contribution in [0.25, 0.3) is 21.3 Å². The smallest absolute Gasteiger partial charge is 0.263 e. The number of rotatable bonds is 5. The average molecular weight is 469 g/mol. The lowest BCUT2D eigenvalue weighted by Gasteiger charge is -2.08. The topological polar surface area (TPSA) is 76.9 Å². The van der Waals surface area contributed by atoms with Crippen molar-refractivity contribution in [3.05, 3.63) is 74.7 Å². The van der Waals surface area contributed by atoms with Crippen molar-refractivity contribution in [1.29, 1.82) is 0 Å². The summed E-state index contributed by atoms with van der Waals surface area (Å²) in [7, 11) is 0. The first-order chi connectivity index (χ1) is 14.1. The number of hydrogen-bond acceptors (Lipinski definition) is 5. The predicted octanol–water partition coefficient (Wildman–Crippen LogP) is 4.48. The van der Waals surface area contributed by atoms with Crippen LogP contribution in [-0.4, -0.2) is 20.4 Å². The first-order valence-electron chi connectivity index (χ1n) is 9.04. The highest BCUT2D eigenvalue weighted by atomic mass is 79.9. The van der Waals surface area contributed by atoms with Crippen LogP contribution < -0.4 is 10.9 Å². The molecule has 0 atom stereocenters. The summed E-state index contributed by atoms with van der Waals surface area (Å²) >= 11 is 4.97. The lowest BCUT2D eigenvalue weighted by atomic mass is 10.0. The Kier molecular flexibility index (Phi) is 5.55.